The Bertz CT molecular complexity index is 466. The number of rotatable bonds is 4. The van der Waals surface area contributed by atoms with Crippen molar-refractivity contribution >= 4 is 11.9 Å². The number of ether oxygens (including phenoxy) is 1. The number of nitrogens with zero attached hydrogens (tertiary/aromatic N) is 3. The van der Waals surface area contributed by atoms with Crippen LogP contribution in [0.2, 0.25) is 0 Å². The Morgan fingerprint density at radius 2 is 2.22 bits per heavy atom. The normalized spacial score (nSPS) is 23.2. The van der Waals surface area contributed by atoms with Crippen molar-refractivity contribution in [2.75, 3.05) is 0 Å². The number of hydrogen-bond acceptors (Lipinski definition) is 7. The van der Waals surface area contributed by atoms with Crippen molar-refractivity contribution in [1.29, 1.82) is 0 Å². The highest BCUT2D eigenvalue weighted by Crippen LogP contribution is 2.26. The summed E-state index contributed by atoms with van der Waals surface area (Å²) in [7, 11) is 0. The van der Waals surface area contributed by atoms with Crippen LogP contribution in [-0.2, 0) is 0 Å². The Morgan fingerprint density at radius 1 is 1.50 bits per heavy atom. The number of carbonyl (C=O) groups excluding carboxylic acids is 1. The molecular formula is C8H12N6O4. The number of nitrogens with one attached hydrogen (secondary N) is 1. The van der Waals surface area contributed by atoms with Crippen LogP contribution in [0.15, 0.2) is 9.78 Å². The van der Waals surface area contributed by atoms with Gasteiger partial charge in [0, 0.05) is 18.9 Å². The van der Waals surface area contributed by atoms with Crippen LogP contribution < -0.4 is 21.5 Å². The molecule has 10 nitrogen and oxygen atoms in total. The third kappa shape index (κ3) is 2.42. The lowest BCUT2D eigenvalue weighted by Crippen LogP contribution is -2.50. The van der Waals surface area contributed by atoms with Crippen molar-refractivity contribution in [1.82, 2.24) is 15.6 Å². The third-order valence-corrected chi connectivity index (χ3v) is 2.53. The molecule has 2 amide bonds. The zero-order valence-corrected chi connectivity index (χ0v) is 9.24. The van der Waals surface area contributed by atoms with Gasteiger partial charge in [0.1, 0.15) is 6.10 Å². The van der Waals surface area contributed by atoms with Gasteiger partial charge in [-0.2, -0.15) is 0 Å². The van der Waals surface area contributed by atoms with E-state index in [4.69, 9.17) is 21.4 Å². The summed E-state index contributed by atoms with van der Waals surface area (Å²) >= 11 is 0. The summed E-state index contributed by atoms with van der Waals surface area (Å²) in [5.41, 5.74) is 10.4. The zero-order valence-electron chi connectivity index (χ0n) is 9.24. The van der Waals surface area contributed by atoms with Crippen LogP contribution in [0.5, 0.6) is 5.88 Å². The molecular weight excluding hydrogens is 244 g/mol. The fraction of sp³-hybridized carbons (Fsp3) is 0.500. The van der Waals surface area contributed by atoms with Crippen molar-refractivity contribution in [2.24, 2.45) is 16.6 Å². The number of carbonyl (C=O) groups is 1. The molecule has 2 rings (SSSR count). The Hall–Kier alpha value is -2.52. The highest BCUT2D eigenvalue weighted by Gasteiger charge is 2.33. The number of urea groups is 1. The molecule has 0 aromatic carbocycles. The minimum atomic E-state index is -0.570. The van der Waals surface area contributed by atoms with Gasteiger partial charge in [-0.05, 0) is 10.3 Å². The number of primary amides is 1. The summed E-state index contributed by atoms with van der Waals surface area (Å²) in [6.45, 7) is 0. The lowest BCUT2D eigenvalue weighted by atomic mass is 9.89. The predicted octanol–water partition coefficient (Wildman–Crippen LogP) is -1.26. The number of amides is 2. The van der Waals surface area contributed by atoms with E-state index in [0.717, 1.165) is 0 Å². The van der Waals surface area contributed by atoms with Gasteiger partial charge in [0.25, 0.3) is 5.88 Å². The summed E-state index contributed by atoms with van der Waals surface area (Å²) in [5, 5.41) is 20.8. The smallest absolute Gasteiger partial charge is 0.312 e. The Kier molecular flexibility index (Phi) is 3.17. The van der Waals surface area contributed by atoms with E-state index in [1.165, 1.54) is 0 Å². The van der Waals surface area contributed by atoms with Crippen LogP contribution in [0.3, 0.4) is 0 Å². The van der Waals surface area contributed by atoms with Gasteiger partial charge in [0.2, 0.25) is 5.69 Å². The minimum absolute atomic E-state index is 0.0142. The van der Waals surface area contributed by atoms with Crippen LogP contribution in [0.4, 0.5) is 4.79 Å². The first-order chi connectivity index (χ1) is 8.60. The minimum Gasteiger partial charge on any atom is -0.470 e. The Morgan fingerprint density at radius 3 is 2.83 bits per heavy atom. The Balaban J connectivity index is 1.89. The maximum atomic E-state index is 10.6. The molecule has 0 radical (unpaired) electrons. The molecule has 10 heteroatoms. The lowest BCUT2D eigenvalue weighted by Gasteiger charge is -2.34. The molecule has 0 unspecified atom stereocenters. The lowest BCUT2D eigenvalue weighted by molar-refractivity contribution is 0.0801. The van der Waals surface area contributed by atoms with E-state index in [1.807, 2.05) is 0 Å². The summed E-state index contributed by atoms with van der Waals surface area (Å²) in [6.07, 6.45) is 1.02. The highest BCUT2D eigenvalue weighted by atomic mass is 16.6. The first-order valence-electron chi connectivity index (χ1n) is 5.13. The maximum Gasteiger partial charge on any atom is 0.312 e. The van der Waals surface area contributed by atoms with Gasteiger partial charge < -0.3 is 26.7 Å². The van der Waals surface area contributed by atoms with E-state index < -0.39 is 6.03 Å². The molecule has 1 aliphatic carbocycles. The zero-order chi connectivity index (χ0) is 13.1. The van der Waals surface area contributed by atoms with Gasteiger partial charge in [-0.15, -0.1) is 0 Å². The quantitative estimate of drug-likeness (QED) is 0.226. The molecule has 0 atom stereocenters. The van der Waals surface area contributed by atoms with Crippen LogP contribution in [0.1, 0.15) is 18.5 Å². The van der Waals surface area contributed by atoms with Crippen LogP contribution >= 0.6 is 0 Å². The fourth-order valence-electron chi connectivity index (χ4n) is 1.60. The van der Waals surface area contributed by atoms with Gasteiger partial charge in [-0.3, -0.25) is 0 Å². The second-order valence-electron chi connectivity index (χ2n) is 3.82. The third-order valence-electron chi connectivity index (χ3n) is 2.53. The molecule has 1 saturated carbocycles. The van der Waals surface area contributed by atoms with Crippen LogP contribution in [-0.4, -0.2) is 39.5 Å². The van der Waals surface area contributed by atoms with Crippen molar-refractivity contribution in [3.63, 3.8) is 0 Å². The SMILES string of the molecule is NC(=O)NC1CC(Oc2nonc2/C(N)=N/O)C1. The molecule has 98 valence electrons. The van der Waals surface area contributed by atoms with Crippen molar-refractivity contribution < 1.29 is 19.4 Å². The van der Waals surface area contributed by atoms with E-state index in [9.17, 15) is 4.79 Å². The predicted molar refractivity (Wildman–Crippen MR) is 57.0 cm³/mol. The Labute approximate surface area is 101 Å². The van der Waals surface area contributed by atoms with Crippen LogP contribution in [0.25, 0.3) is 0 Å². The van der Waals surface area contributed by atoms with E-state index >= 15 is 0 Å². The number of amidine groups is 1. The molecule has 0 saturated heterocycles. The van der Waals surface area contributed by atoms with Crippen LogP contribution in [0, 0.1) is 0 Å². The molecule has 6 N–H and O–H groups in total. The first-order valence-corrected chi connectivity index (χ1v) is 5.13. The molecule has 0 aliphatic heterocycles. The monoisotopic (exact) mass is 256 g/mol. The van der Waals surface area contributed by atoms with Gasteiger partial charge >= 0.3 is 6.03 Å². The summed E-state index contributed by atoms with van der Waals surface area (Å²) < 4.78 is 9.87. The summed E-state index contributed by atoms with van der Waals surface area (Å²) in [4.78, 5) is 10.6. The van der Waals surface area contributed by atoms with Crippen molar-refractivity contribution in [3.05, 3.63) is 5.69 Å². The van der Waals surface area contributed by atoms with E-state index in [0.29, 0.717) is 12.8 Å². The van der Waals surface area contributed by atoms with E-state index in [2.05, 4.69) is 25.4 Å². The molecule has 1 aliphatic rings. The average Bonchev–Trinajstić information content (AvgIpc) is 2.72. The molecule has 1 fully saturated rings. The molecule has 0 bridgehead atoms. The summed E-state index contributed by atoms with van der Waals surface area (Å²) in [5.74, 6) is -0.204. The average molecular weight is 256 g/mol. The number of hydrogen-bond donors (Lipinski definition) is 4. The molecule has 1 heterocycles. The van der Waals surface area contributed by atoms with Gasteiger partial charge in [-0.1, -0.05) is 5.16 Å². The number of oxime groups is 1. The second-order valence-corrected chi connectivity index (χ2v) is 3.82. The molecule has 1 aromatic rings. The summed E-state index contributed by atoms with van der Waals surface area (Å²) in [6, 6.07) is -0.585. The molecule has 18 heavy (non-hydrogen) atoms. The standard InChI is InChI=1S/C8H12N6O4/c9-6(12-16)5-7(14-18-13-5)17-4-1-3(2-4)11-8(10)15/h3-4,16H,1-2H2,(H2,9,12)(H3,10,11,15). The van der Waals surface area contributed by atoms with E-state index in [1.54, 1.807) is 0 Å². The maximum absolute atomic E-state index is 10.6. The number of nitrogens with two attached hydrogens (primary N) is 2. The second kappa shape index (κ2) is 4.77. The van der Waals surface area contributed by atoms with Crippen molar-refractivity contribution in [2.45, 2.75) is 25.0 Å². The number of aromatic nitrogens is 2. The van der Waals surface area contributed by atoms with E-state index in [-0.39, 0.29) is 29.6 Å². The van der Waals surface area contributed by atoms with Gasteiger partial charge in [-0.25, -0.2) is 9.42 Å². The van der Waals surface area contributed by atoms with Gasteiger partial charge in [0.05, 0.1) is 0 Å². The van der Waals surface area contributed by atoms with Crippen molar-refractivity contribution in [3.8, 4) is 5.88 Å². The topological polar surface area (TPSA) is 162 Å². The fourth-order valence-corrected chi connectivity index (χ4v) is 1.60. The first kappa shape index (κ1) is 12.0. The largest absolute Gasteiger partial charge is 0.470 e. The molecule has 1 aromatic heterocycles. The van der Waals surface area contributed by atoms with Gasteiger partial charge in [0.15, 0.2) is 5.84 Å². The molecule has 0 spiro atoms. The highest BCUT2D eigenvalue weighted by molar-refractivity contribution is 5.96.